The van der Waals surface area contributed by atoms with Crippen molar-refractivity contribution < 1.29 is 0 Å². The van der Waals surface area contributed by atoms with Gasteiger partial charge in [-0.3, -0.25) is 4.68 Å². The summed E-state index contributed by atoms with van der Waals surface area (Å²) in [6.45, 7) is 4.37. The van der Waals surface area contributed by atoms with Gasteiger partial charge in [0.1, 0.15) is 5.82 Å². The minimum atomic E-state index is 0.538. The van der Waals surface area contributed by atoms with E-state index < -0.39 is 0 Å². The van der Waals surface area contributed by atoms with Crippen LogP contribution in [0.15, 0.2) is 6.20 Å². The summed E-state index contributed by atoms with van der Waals surface area (Å²) in [5.41, 5.74) is 1.31. The third-order valence-electron chi connectivity index (χ3n) is 1.98. The molecule has 0 atom stereocenters. The zero-order valence-corrected chi connectivity index (χ0v) is 8.50. The molecule has 0 N–H and O–H groups in total. The summed E-state index contributed by atoms with van der Waals surface area (Å²) in [6, 6.07) is 0. The fourth-order valence-electron chi connectivity index (χ4n) is 1.40. The molecule has 1 rings (SSSR count). The monoisotopic (exact) mass is 167 g/mol. The summed E-state index contributed by atoms with van der Waals surface area (Å²) in [6.07, 6.45) is 1.94. The van der Waals surface area contributed by atoms with Gasteiger partial charge >= 0.3 is 0 Å². The molecule has 0 bridgehead atoms. The molecule has 3 heteroatoms. The van der Waals surface area contributed by atoms with Gasteiger partial charge in [0.15, 0.2) is 0 Å². The quantitative estimate of drug-likeness (QED) is 0.667. The van der Waals surface area contributed by atoms with Crippen molar-refractivity contribution in [3.63, 3.8) is 0 Å². The molecular formula is C9H17N3. The predicted molar refractivity (Wildman–Crippen MR) is 51.6 cm³/mol. The molecule has 12 heavy (non-hydrogen) atoms. The van der Waals surface area contributed by atoms with Gasteiger partial charge in [0.05, 0.1) is 6.20 Å². The van der Waals surface area contributed by atoms with E-state index in [1.807, 2.05) is 32.0 Å². The SMILES string of the molecule is CC(C)c1cnn(C)c1N(C)C. The van der Waals surface area contributed by atoms with Crippen molar-refractivity contribution in [2.24, 2.45) is 7.05 Å². The first-order valence-corrected chi connectivity index (χ1v) is 4.23. The van der Waals surface area contributed by atoms with Crippen molar-refractivity contribution in [2.75, 3.05) is 19.0 Å². The highest BCUT2D eigenvalue weighted by atomic mass is 15.3. The molecule has 0 spiro atoms. The van der Waals surface area contributed by atoms with Crippen LogP contribution in [0.4, 0.5) is 5.82 Å². The van der Waals surface area contributed by atoms with E-state index in [9.17, 15) is 0 Å². The maximum absolute atomic E-state index is 4.23. The number of hydrogen-bond donors (Lipinski definition) is 0. The molecule has 0 aliphatic heterocycles. The van der Waals surface area contributed by atoms with E-state index in [0.29, 0.717) is 5.92 Å². The Morgan fingerprint density at radius 3 is 2.33 bits per heavy atom. The molecule has 0 aromatic carbocycles. The molecule has 1 aromatic rings. The zero-order valence-electron chi connectivity index (χ0n) is 8.50. The standard InChI is InChI=1S/C9H17N3/c1-7(2)8-6-10-12(5)9(8)11(3)4/h6-7H,1-5H3. The molecule has 0 radical (unpaired) electrons. The van der Waals surface area contributed by atoms with Crippen LogP contribution in [0.3, 0.4) is 0 Å². The molecule has 0 aliphatic carbocycles. The maximum atomic E-state index is 4.23. The second-order valence-electron chi connectivity index (χ2n) is 3.60. The van der Waals surface area contributed by atoms with Gasteiger partial charge in [-0.2, -0.15) is 5.10 Å². The van der Waals surface area contributed by atoms with E-state index in [-0.39, 0.29) is 0 Å². The molecule has 0 fully saturated rings. The Labute approximate surface area is 74.0 Å². The van der Waals surface area contributed by atoms with Crippen LogP contribution in [0.5, 0.6) is 0 Å². The summed E-state index contributed by atoms with van der Waals surface area (Å²) in [7, 11) is 6.06. The van der Waals surface area contributed by atoms with E-state index >= 15 is 0 Å². The van der Waals surface area contributed by atoms with Crippen molar-refractivity contribution >= 4 is 5.82 Å². The minimum Gasteiger partial charge on any atom is -0.363 e. The van der Waals surface area contributed by atoms with E-state index in [1.54, 1.807) is 0 Å². The maximum Gasteiger partial charge on any atom is 0.129 e. The van der Waals surface area contributed by atoms with Gasteiger partial charge in [-0.05, 0) is 5.92 Å². The van der Waals surface area contributed by atoms with Gasteiger partial charge in [0.25, 0.3) is 0 Å². The topological polar surface area (TPSA) is 21.1 Å². The molecule has 0 unspecified atom stereocenters. The number of aromatic nitrogens is 2. The lowest BCUT2D eigenvalue weighted by atomic mass is 10.1. The molecule has 0 aliphatic rings. The highest BCUT2D eigenvalue weighted by molar-refractivity contribution is 5.46. The number of aryl methyl sites for hydroxylation is 1. The van der Waals surface area contributed by atoms with Crippen molar-refractivity contribution in [1.29, 1.82) is 0 Å². The first-order valence-electron chi connectivity index (χ1n) is 4.23. The lowest BCUT2D eigenvalue weighted by molar-refractivity contribution is 0.750. The average molecular weight is 167 g/mol. The van der Waals surface area contributed by atoms with Crippen LogP contribution in [-0.2, 0) is 7.05 Å². The first kappa shape index (κ1) is 9.10. The summed E-state index contributed by atoms with van der Waals surface area (Å²) < 4.78 is 1.91. The van der Waals surface area contributed by atoms with E-state index in [2.05, 4.69) is 23.8 Å². The van der Waals surface area contributed by atoms with Gasteiger partial charge in [0.2, 0.25) is 0 Å². The molecule has 0 saturated heterocycles. The third kappa shape index (κ3) is 1.44. The third-order valence-corrected chi connectivity index (χ3v) is 1.98. The van der Waals surface area contributed by atoms with Crippen LogP contribution in [0, 0.1) is 0 Å². The van der Waals surface area contributed by atoms with Crippen molar-refractivity contribution in [3.05, 3.63) is 11.8 Å². The first-order chi connectivity index (χ1) is 5.54. The van der Waals surface area contributed by atoms with Crippen LogP contribution in [0.2, 0.25) is 0 Å². The van der Waals surface area contributed by atoms with E-state index in [1.165, 1.54) is 11.4 Å². The summed E-state index contributed by atoms with van der Waals surface area (Å²) in [5.74, 6) is 1.74. The van der Waals surface area contributed by atoms with Crippen LogP contribution in [-0.4, -0.2) is 23.9 Å². The molecule has 3 nitrogen and oxygen atoms in total. The number of hydrogen-bond acceptors (Lipinski definition) is 2. The Bertz CT molecular complexity index is 261. The van der Waals surface area contributed by atoms with Crippen LogP contribution >= 0.6 is 0 Å². The number of nitrogens with zero attached hydrogens (tertiary/aromatic N) is 3. The van der Waals surface area contributed by atoms with Crippen LogP contribution in [0.1, 0.15) is 25.3 Å². The van der Waals surface area contributed by atoms with Crippen LogP contribution < -0.4 is 4.90 Å². The Balaban J connectivity index is 3.12. The highest BCUT2D eigenvalue weighted by Gasteiger charge is 2.12. The van der Waals surface area contributed by atoms with Gasteiger partial charge in [-0.25, -0.2) is 0 Å². The second kappa shape index (κ2) is 3.17. The van der Waals surface area contributed by atoms with Crippen LogP contribution in [0.25, 0.3) is 0 Å². The normalized spacial score (nSPS) is 10.8. The van der Waals surface area contributed by atoms with Crippen molar-refractivity contribution in [3.8, 4) is 0 Å². The van der Waals surface area contributed by atoms with Gasteiger partial charge in [-0.15, -0.1) is 0 Å². The van der Waals surface area contributed by atoms with E-state index in [4.69, 9.17) is 0 Å². The van der Waals surface area contributed by atoms with Crippen molar-refractivity contribution in [1.82, 2.24) is 9.78 Å². The fraction of sp³-hybridized carbons (Fsp3) is 0.667. The molecule has 0 amide bonds. The Hall–Kier alpha value is -0.990. The minimum absolute atomic E-state index is 0.538. The fourth-order valence-corrected chi connectivity index (χ4v) is 1.40. The average Bonchev–Trinajstić information content (AvgIpc) is 2.30. The molecule has 1 heterocycles. The van der Waals surface area contributed by atoms with E-state index in [0.717, 1.165) is 0 Å². The summed E-state index contributed by atoms with van der Waals surface area (Å²) in [5, 5.41) is 4.23. The highest BCUT2D eigenvalue weighted by Crippen LogP contribution is 2.24. The Morgan fingerprint density at radius 2 is 2.00 bits per heavy atom. The summed E-state index contributed by atoms with van der Waals surface area (Å²) in [4.78, 5) is 2.10. The van der Waals surface area contributed by atoms with Gasteiger partial charge < -0.3 is 4.90 Å². The number of rotatable bonds is 2. The largest absolute Gasteiger partial charge is 0.363 e. The molecule has 68 valence electrons. The Morgan fingerprint density at radius 1 is 1.42 bits per heavy atom. The second-order valence-corrected chi connectivity index (χ2v) is 3.60. The van der Waals surface area contributed by atoms with Gasteiger partial charge in [0, 0.05) is 26.7 Å². The molecular weight excluding hydrogens is 150 g/mol. The smallest absolute Gasteiger partial charge is 0.129 e. The summed E-state index contributed by atoms with van der Waals surface area (Å²) >= 11 is 0. The lowest BCUT2D eigenvalue weighted by Gasteiger charge is -2.16. The zero-order chi connectivity index (χ0) is 9.30. The van der Waals surface area contributed by atoms with Crippen molar-refractivity contribution in [2.45, 2.75) is 19.8 Å². The molecule has 0 saturated carbocycles. The molecule has 1 aromatic heterocycles. The van der Waals surface area contributed by atoms with Gasteiger partial charge in [-0.1, -0.05) is 13.8 Å². The predicted octanol–water partition coefficient (Wildman–Crippen LogP) is 1.61. The Kier molecular flexibility index (Phi) is 2.40. The lowest BCUT2D eigenvalue weighted by Crippen LogP contribution is -2.15. The number of anilines is 1.